The van der Waals surface area contributed by atoms with Gasteiger partial charge in [-0.3, -0.25) is 9.69 Å². The van der Waals surface area contributed by atoms with Crippen molar-refractivity contribution < 1.29 is 14.3 Å². The molecule has 18 heavy (non-hydrogen) atoms. The molecule has 104 valence electrons. The summed E-state index contributed by atoms with van der Waals surface area (Å²) < 4.78 is 10.6. The van der Waals surface area contributed by atoms with Crippen LogP contribution in [0.2, 0.25) is 0 Å². The van der Waals surface area contributed by atoms with Crippen molar-refractivity contribution in [2.45, 2.75) is 37.3 Å². The predicted octanol–water partition coefficient (Wildman–Crippen LogP) is 0.392. The van der Waals surface area contributed by atoms with Crippen LogP contribution in [0.3, 0.4) is 0 Å². The summed E-state index contributed by atoms with van der Waals surface area (Å²) in [6.45, 7) is 3.70. The number of piperazine rings is 1. The average Bonchev–Trinajstić information content (AvgIpc) is 2.47. The molecule has 1 aliphatic carbocycles. The molecule has 1 heterocycles. The minimum absolute atomic E-state index is 0.0915. The number of hydrogen-bond acceptors (Lipinski definition) is 5. The second-order valence-electron chi connectivity index (χ2n) is 5.21. The first-order valence-corrected chi connectivity index (χ1v) is 6.80. The van der Waals surface area contributed by atoms with Gasteiger partial charge in [0.25, 0.3) is 0 Å². The number of hydrogen-bond donors (Lipinski definition) is 1. The molecule has 0 aromatic carbocycles. The molecule has 2 atom stereocenters. The summed E-state index contributed by atoms with van der Waals surface area (Å²) in [7, 11) is 3.22. The Labute approximate surface area is 109 Å². The Morgan fingerprint density at radius 2 is 2.06 bits per heavy atom. The van der Waals surface area contributed by atoms with Crippen molar-refractivity contribution in [1.82, 2.24) is 10.2 Å². The Morgan fingerprint density at radius 1 is 1.33 bits per heavy atom. The summed E-state index contributed by atoms with van der Waals surface area (Å²) in [6, 6.07) is 0. The maximum absolute atomic E-state index is 12.3. The lowest BCUT2D eigenvalue weighted by atomic mass is 9.78. The summed E-state index contributed by atoms with van der Waals surface area (Å²) in [6.07, 6.45) is 3.89. The molecule has 2 aliphatic rings. The molecule has 0 spiro atoms. The number of nitrogens with zero attached hydrogens (tertiary/aromatic N) is 1. The highest BCUT2D eigenvalue weighted by molar-refractivity contribution is 5.81. The molecule has 5 nitrogen and oxygen atoms in total. The molecule has 0 bridgehead atoms. The third-order valence-electron chi connectivity index (χ3n) is 4.30. The topological polar surface area (TPSA) is 50.8 Å². The van der Waals surface area contributed by atoms with E-state index in [0.717, 1.165) is 51.9 Å². The quantitative estimate of drug-likeness (QED) is 0.740. The highest BCUT2D eigenvalue weighted by Gasteiger charge is 2.48. The van der Waals surface area contributed by atoms with Gasteiger partial charge in [-0.1, -0.05) is 0 Å². The molecule has 5 heteroatoms. The Balaban J connectivity index is 2.18. The van der Waals surface area contributed by atoms with E-state index in [-0.39, 0.29) is 12.1 Å². The van der Waals surface area contributed by atoms with Gasteiger partial charge in [0, 0.05) is 39.7 Å². The van der Waals surface area contributed by atoms with Gasteiger partial charge in [0.2, 0.25) is 0 Å². The second kappa shape index (κ2) is 5.99. The SMILES string of the molecule is COC(=O)C1(N2CCNCC2)CCCC(OC)C1. The fourth-order valence-corrected chi connectivity index (χ4v) is 3.29. The molecule has 2 unspecified atom stereocenters. The van der Waals surface area contributed by atoms with E-state index < -0.39 is 5.54 Å². The summed E-state index contributed by atoms with van der Waals surface area (Å²) in [5.74, 6) is -0.0915. The van der Waals surface area contributed by atoms with E-state index in [9.17, 15) is 4.79 Å². The van der Waals surface area contributed by atoms with Gasteiger partial charge in [0.15, 0.2) is 0 Å². The van der Waals surface area contributed by atoms with Crippen LogP contribution in [-0.2, 0) is 14.3 Å². The van der Waals surface area contributed by atoms with Crippen LogP contribution < -0.4 is 5.32 Å². The first-order valence-electron chi connectivity index (χ1n) is 6.80. The Morgan fingerprint density at radius 3 is 2.67 bits per heavy atom. The zero-order valence-electron chi connectivity index (χ0n) is 11.4. The van der Waals surface area contributed by atoms with E-state index >= 15 is 0 Å². The largest absolute Gasteiger partial charge is 0.468 e. The molecule has 0 aromatic heterocycles. The summed E-state index contributed by atoms with van der Waals surface area (Å²) in [4.78, 5) is 14.6. The lowest BCUT2D eigenvalue weighted by molar-refractivity contribution is -0.162. The van der Waals surface area contributed by atoms with Crippen molar-refractivity contribution in [1.29, 1.82) is 0 Å². The van der Waals surface area contributed by atoms with Gasteiger partial charge in [-0.25, -0.2) is 0 Å². The molecule has 1 aliphatic heterocycles. The van der Waals surface area contributed by atoms with Gasteiger partial charge >= 0.3 is 5.97 Å². The van der Waals surface area contributed by atoms with Gasteiger partial charge in [-0.2, -0.15) is 0 Å². The summed E-state index contributed by atoms with van der Waals surface area (Å²) >= 11 is 0. The highest BCUT2D eigenvalue weighted by atomic mass is 16.5. The average molecular weight is 256 g/mol. The Kier molecular flexibility index (Phi) is 4.59. The number of rotatable bonds is 3. The first kappa shape index (κ1) is 13.8. The maximum atomic E-state index is 12.3. The van der Waals surface area contributed by atoms with Crippen molar-refractivity contribution in [3.8, 4) is 0 Å². The van der Waals surface area contributed by atoms with Crippen LogP contribution in [0.25, 0.3) is 0 Å². The van der Waals surface area contributed by atoms with Gasteiger partial charge in [0.05, 0.1) is 13.2 Å². The second-order valence-corrected chi connectivity index (χ2v) is 5.21. The van der Waals surface area contributed by atoms with E-state index in [4.69, 9.17) is 9.47 Å². The van der Waals surface area contributed by atoms with E-state index in [2.05, 4.69) is 10.2 Å². The summed E-state index contributed by atoms with van der Waals surface area (Å²) in [5.41, 5.74) is -0.463. The van der Waals surface area contributed by atoms with Crippen LogP contribution >= 0.6 is 0 Å². The molecule has 2 rings (SSSR count). The Bertz CT molecular complexity index is 292. The third kappa shape index (κ3) is 2.53. The van der Waals surface area contributed by atoms with Crippen LogP contribution in [-0.4, -0.2) is 62.9 Å². The number of carbonyl (C=O) groups is 1. The molecule has 0 aromatic rings. The molecule has 2 fully saturated rings. The van der Waals surface area contributed by atoms with E-state index in [1.54, 1.807) is 7.11 Å². The minimum Gasteiger partial charge on any atom is -0.468 e. The predicted molar refractivity (Wildman–Crippen MR) is 68.5 cm³/mol. The van der Waals surface area contributed by atoms with E-state index in [1.165, 1.54) is 7.11 Å². The zero-order chi connectivity index (χ0) is 13.0. The molecular formula is C13H24N2O3. The highest BCUT2D eigenvalue weighted by Crippen LogP contribution is 2.36. The monoisotopic (exact) mass is 256 g/mol. The molecule has 1 N–H and O–H groups in total. The minimum atomic E-state index is -0.463. The van der Waals surface area contributed by atoms with Crippen LogP contribution in [0.5, 0.6) is 0 Å². The smallest absolute Gasteiger partial charge is 0.326 e. The van der Waals surface area contributed by atoms with Crippen LogP contribution in [0, 0.1) is 0 Å². The van der Waals surface area contributed by atoms with Gasteiger partial charge in [-0.05, 0) is 19.3 Å². The van der Waals surface area contributed by atoms with Crippen molar-refractivity contribution in [3.63, 3.8) is 0 Å². The van der Waals surface area contributed by atoms with E-state index in [0.29, 0.717) is 0 Å². The fraction of sp³-hybridized carbons (Fsp3) is 0.923. The number of carbonyl (C=O) groups excluding carboxylic acids is 1. The summed E-state index contributed by atoms with van der Waals surface area (Å²) in [5, 5.41) is 3.33. The number of methoxy groups -OCH3 is 2. The van der Waals surface area contributed by atoms with Crippen LogP contribution in [0.1, 0.15) is 25.7 Å². The van der Waals surface area contributed by atoms with Crippen molar-refractivity contribution in [2.24, 2.45) is 0 Å². The lowest BCUT2D eigenvalue weighted by Crippen LogP contribution is -2.62. The first-order chi connectivity index (χ1) is 8.73. The van der Waals surface area contributed by atoms with Crippen LogP contribution in [0.4, 0.5) is 0 Å². The van der Waals surface area contributed by atoms with Gasteiger partial charge < -0.3 is 14.8 Å². The normalized spacial score (nSPS) is 34.2. The number of esters is 1. The fourth-order valence-electron chi connectivity index (χ4n) is 3.29. The van der Waals surface area contributed by atoms with Crippen molar-refractivity contribution >= 4 is 5.97 Å². The molecule has 0 radical (unpaired) electrons. The molecule has 1 saturated heterocycles. The van der Waals surface area contributed by atoms with Crippen molar-refractivity contribution in [2.75, 3.05) is 40.4 Å². The standard InChI is InChI=1S/C13H24N2O3/c1-17-11-4-3-5-13(10-11,12(16)18-2)15-8-6-14-7-9-15/h11,14H,3-10H2,1-2H3. The van der Waals surface area contributed by atoms with Crippen molar-refractivity contribution in [3.05, 3.63) is 0 Å². The number of nitrogens with one attached hydrogen (secondary N) is 1. The van der Waals surface area contributed by atoms with Gasteiger partial charge in [-0.15, -0.1) is 0 Å². The van der Waals surface area contributed by atoms with Crippen LogP contribution in [0.15, 0.2) is 0 Å². The van der Waals surface area contributed by atoms with E-state index in [1.807, 2.05) is 0 Å². The molecule has 1 saturated carbocycles. The lowest BCUT2D eigenvalue weighted by Gasteiger charge is -2.47. The maximum Gasteiger partial charge on any atom is 0.326 e. The zero-order valence-corrected chi connectivity index (χ0v) is 11.4. The molecular weight excluding hydrogens is 232 g/mol. The van der Waals surface area contributed by atoms with Gasteiger partial charge in [0.1, 0.15) is 5.54 Å². The number of ether oxygens (including phenoxy) is 2. The molecule has 0 amide bonds. The Hall–Kier alpha value is -0.650. The third-order valence-corrected chi connectivity index (χ3v) is 4.30.